The minimum atomic E-state index is -0.534. The molecule has 0 atom stereocenters. The second-order valence-corrected chi connectivity index (χ2v) is 10.4. The van der Waals surface area contributed by atoms with Crippen LogP contribution in [0.3, 0.4) is 0 Å². The first-order valence-corrected chi connectivity index (χ1v) is 12.5. The van der Waals surface area contributed by atoms with Crippen molar-refractivity contribution < 1.29 is 33.3 Å². The van der Waals surface area contributed by atoms with Crippen molar-refractivity contribution in [2.24, 2.45) is 0 Å². The zero-order valence-corrected chi connectivity index (χ0v) is 21.8. The Morgan fingerprint density at radius 3 is 2.49 bits per heavy atom. The third-order valence-corrected chi connectivity index (χ3v) is 6.15. The number of hydrogen-bond donors (Lipinski definition) is 1. The monoisotopic (exact) mass is 528 g/mol. The van der Waals surface area contributed by atoms with Gasteiger partial charge < -0.3 is 23.8 Å². The Hall–Kier alpha value is -3.80. The number of likely N-dealkylation sites (tertiary alicyclic amines) is 1. The molecule has 1 N–H and O–H groups in total. The average molecular weight is 529 g/mol. The molecular formula is C25H28N4O7S. The molecule has 2 aliphatic heterocycles. The van der Waals surface area contributed by atoms with E-state index in [9.17, 15) is 14.4 Å². The highest BCUT2D eigenvalue weighted by Gasteiger charge is 2.28. The predicted molar refractivity (Wildman–Crippen MR) is 136 cm³/mol. The highest BCUT2D eigenvalue weighted by molar-refractivity contribution is 8.18. The van der Waals surface area contributed by atoms with Gasteiger partial charge in [-0.15, -0.1) is 0 Å². The number of benzene rings is 1. The first-order valence-electron chi connectivity index (χ1n) is 11.7. The molecule has 3 amide bonds. The Morgan fingerprint density at radius 1 is 1.11 bits per heavy atom. The van der Waals surface area contributed by atoms with Gasteiger partial charge in [-0.25, -0.2) is 14.8 Å². The number of nitrogens with one attached hydrogen (secondary N) is 1. The first-order chi connectivity index (χ1) is 17.6. The molecule has 0 saturated carbocycles. The molecule has 0 bridgehead atoms. The molecule has 0 radical (unpaired) electrons. The van der Waals surface area contributed by atoms with Crippen LogP contribution in [0.1, 0.15) is 39.2 Å². The molecule has 1 aromatic carbocycles. The summed E-state index contributed by atoms with van der Waals surface area (Å²) in [6.07, 6.45) is 3.80. The molecule has 0 aliphatic carbocycles. The summed E-state index contributed by atoms with van der Waals surface area (Å²) in [7, 11) is 1.50. The summed E-state index contributed by atoms with van der Waals surface area (Å²) in [4.78, 5) is 45.8. The van der Waals surface area contributed by atoms with Crippen molar-refractivity contribution in [1.29, 1.82) is 0 Å². The van der Waals surface area contributed by atoms with Gasteiger partial charge in [0.25, 0.3) is 11.1 Å². The zero-order chi connectivity index (χ0) is 26.6. The highest BCUT2D eigenvalue weighted by atomic mass is 32.2. The summed E-state index contributed by atoms with van der Waals surface area (Å²) in [6.45, 7) is 6.59. The summed E-state index contributed by atoms with van der Waals surface area (Å²) in [6, 6.07) is 6.69. The lowest BCUT2D eigenvalue weighted by Gasteiger charge is -2.33. The first kappa shape index (κ1) is 26.3. The molecule has 2 aliphatic rings. The van der Waals surface area contributed by atoms with Gasteiger partial charge in [-0.1, -0.05) is 6.07 Å². The topological polar surface area (TPSA) is 129 Å². The van der Waals surface area contributed by atoms with Crippen LogP contribution in [0.15, 0.2) is 35.5 Å². The molecule has 4 rings (SSSR count). The quantitative estimate of drug-likeness (QED) is 0.539. The molecule has 37 heavy (non-hydrogen) atoms. The second kappa shape index (κ2) is 11.1. The molecular weight excluding hydrogens is 500 g/mol. The average Bonchev–Trinajstić information content (AvgIpc) is 3.15. The smallest absolute Gasteiger partial charge is 0.410 e. The summed E-state index contributed by atoms with van der Waals surface area (Å²) >= 11 is 0.841. The van der Waals surface area contributed by atoms with E-state index in [1.165, 1.54) is 13.4 Å². The number of piperidine rings is 1. The zero-order valence-electron chi connectivity index (χ0n) is 21.0. The maximum absolute atomic E-state index is 12.3. The third kappa shape index (κ3) is 7.13. The molecule has 11 nitrogen and oxygen atoms in total. The number of amides is 3. The molecule has 0 unspecified atom stereocenters. The van der Waals surface area contributed by atoms with Crippen LogP contribution in [0.5, 0.6) is 23.3 Å². The number of thioether (sulfide) groups is 1. The molecule has 196 valence electrons. The largest absolute Gasteiger partial charge is 0.493 e. The fourth-order valence-electron chi connectivity index (χ4n) is 3.64. The van der Waals surface area contributed by atoms with Crippen molar-refractivity contribution in [2.75, 3.05) is 20.2 Å². The Morgan fingerprint density at radius 2 is 1.84 bits per heavy atom. The Labute approximate surface area is 218 Å². The van der Waals surface area contributed by atoms with Crippen LogP contribution in [-0.2, 0) is 9.53 Å². The maximum atomic E-state index is 12.3. The van der Waals surface area contributed by atoms with Gasteiger partial charge >= 0.3 is 6.09 Å². The van der Waals surface area contributed by atoms with Crippen molar-refractivity contribution in [3.05, 3.63) is 41.1 Å². The fourth-order valence-corrected chi connectivity index (χ4v) is 4.32. The molecule has 2 saturated heterocycles. The van der Waals surface area contributed by atoms with E-state index in [1.807, 2.05) is 20.8 Å². The van der Waals surface area contributed by atoms with Gasteiger partial charge in [0.05, 0.1) is 18.1 Å². The third-order valence-electron chi connectivity index (χ3n) is 5.34. The number of rotatable bonds is 6. The number of aromatic nitrogens is 2. The number of nitrogens with zero attached hydrogens (tertiary/aromatic N) is 3. The second-order valence-electron chi connectivity index (χ2n) is 9.34. The number of carbonyl (C=O) groups is 3. The number of ether oxygens (including phenoxy) is 4. The van der Waals surface area contributed by atoms with E-state index in [2.05, 4.69) is 15.3 Å². The fraction of sp³-hybridized carbons (Fsp3) is 0.400. The summed E-state index contributed by atoms with van der Waals surface area (Å²) < 4.78 is 22.8. The van der Waals surface area contributed by atoms with E-state index < -0.39 is 16.7 Å². The van der Waals surface area contributed by atoms with E-state index in [4.69, 9.17) is 18.9 Å². The van der Waals surface area contributed by atoms with E-state index in [-0.39, 0.29) is 18.1 Å². The normalized spacial score (nSPS) is 17.5. The van der Waals surface area contributed by atoms with Gasteiger partial charge in [0, 0.05) is 25.9 Å². The lowest BCUT2D eigenvalue weighted by molar-refractivity contribution is -0.115. The van der Waals surface area contributed by atoms with Crippen LogP contribution in [0.25, 0.3) is 6.08 Å². The van der Waals surface area contributed by atoms with Crippen LogP contribution < -0.4 is 19.5 Å². The van der Waals surface area contributed by atoms with Gasteiger partial charge in [-0.3, -0.25) is 14.9 Å². The molecule has 3 heterocycles. The molecule has 12 heteroatoms. The minimum Gasteiger partial charge on any atom is -0.493 e. The van der Waals surface area contributed by atoms with E-state index in [0.29, 0.717) is 53.8 Å². The standard InChI is InChI=1S/C25H28N4O7S/c1-25(2,3)36-24(32)29-9-7-16(8-10-29)34-20-13-21(27-14-26-20)35-17-6-5-15(11-18(17)33-4)12-19-22(30)28-23(31)37-19/h5-6,11-14,16H,7-10H2,1-4H3,(H,28,30,31)/b19-12+. The lowest BCUT2D eigenvalue weighted by atomic mass is 10.1. The number of methoxy groups -OCH3 is 1. The van der Waals surface area contributed by atoms with Crippen molar-refractivity contribution in [2.45, 2.75) is 45.3 Å². The van der Waals surface area contributed by atoms with Crippen molar-refractivity contribution in [3.8, 4) is 23.3 Å². The van der Waals surface area contributed by atoms with Crippen molar-refractivity contribution in [3.63, 3.8) is 0 Å². The molecule has 0 spiro atoms. The number of carbonyl (C=O) groups excluding carboxylic acids is 3. The van der Waals surface area contributed by atoms with Gasteiger partial charge in [0.1, 0.15) is 18.0 Å². The SMILES string of the molecule is COc1cc(/C=C2/SC(=O)NC2=O)ccc1Oc1cc(OC2CCN(C(=O)OC(C)(C)C)CC2)ncn1. The van der Waals surface area contributed by atoms with Gasteiger partial charge in [0.15, 0.2) is 11.5 Å². The molecule has 2 aromatic rings. The van der Waals surface area contributed by atoms with E-state index in [0.717, 1.165) is 11.8 Å². The Kier molecular flexibility index (Phi) is 7.86. The van der Waals surface area contributed by atoms with Gasteiger partial charge in [-0.05, 0) is 56.3 Å². The van der Waals surface area contributed by atoms with E-state index >= 15 is 0 Å². The Bertz CT molecular complexity index is 1220. The van der Waals surface area contributed by atoms with Crippen LogP contribution in [0.2, 0.25) is 0 Å². The summed E-state index contributed by atoms with van der Waals surface area (Å²) in [5, 5.41) is 1.82. The van der Waals surface area contributed by atoms with E-state index in [1.54, 1.807) is 35.2 Å². The summed E-state index contributed by atoms with van der Waals surface area (Å²) in [5.74, 6) is 1.00. The molecule has 1 aromatic heterocycles. The van der Waals surface area contributed by atoms with Gasteiger partial charge in [0.2, 0.25) is 11.8 Å². The molecule has 2 fully saturated rings. The van der Waals surface area contributed by atoms with Crippen LogP contribution in [0.4, 0.5) is 9.59 Å². The summed E-state index contributed by atoms with van der Waals surface area (Å²) in [5.41, 5.74) is 0.134. The maximum Gasteiger partial charge on any atom is 0.410 e. The predicted octanol–water partition coefficient (Wildman–Crippen LogP) is 4.38. The van der Waals surface area contributed by atoms with Crippen LogP contribution >= 0.6 is 11.8 Å². The Balaban J connectivity index is 1.37. The van der Waals surface area contributed by atoms with Crippen molar-refractivity contribution in [1.82, 2.24) is 20.2 Å². The van der Waals surface area contributed by atoms with Crippen LogP contribution in [-0.4, -0.2) is 64.0 Å². The lowest BCUT2D eigenvalue weighted by Crippen LogP contribution is -2.44. The number of imide groups is 1. The minimum absolute atomic E-state index is 0.110. The highest BCUT2D eigenvalue weighted by Crippen LogP contribution is 2.34. The van der Waals surface area contributed by atoms with Gasteiger partial charge in [-0.2, -0.15) is 0 Å². The van der Waals surface area contributed by atoms with Crippen molar-refractivity contribution >= 4 is 35.1 Å². The number of hydrogen-bond acceptors (Lipinski definition) is 10. The van der Waals surface area contributed by atoms with Crippen LogP contribution in [0, 0.1) is 0 Å².